The van der Waals surface area contributed by atoms with Crippen molar-refractivity contribution >= 4 is 39.0 Å². The third kappa shape index (κ3) is 4.77. The number of halogens is 1. The molecule has 0 saturated heterocycles. The number of benzene rings is 1. The van der Waals surface area contributed by atoms with Crippen molar-refractivity contribution in [1.82, 2.24) is 4.98 Å². The van der Waals surface area contributed by atoms with Crippen LogP contribution in [0.3, 0.4) is 0 Å². The van der Waals surface area contributed by atoms with Crippen molar-refractivity contribution in [2.24, 2.45) is 0 Å². The van der Waals surface area contributed by atoms with Gasteiger partial charge in [-0.15, -0.1) is 0 Å². The summed E-state index contributed by atoms with van der Waals surface area (Å²) in [4.78, 5) is 29.4. The number of methoxy groups -OCH3 is 1. The van der Waals surface area contributed by atoms with Gasteiger partial charge in [0.2, 0.25) is 0 Å². The highest BCUT2D eigenvalue weighted by atomic mass is 79.9. The fraction of sp³-hybridized carbons (Fsp3) is 0.294. The molecule has 0 fully saturated rings. The summed E-state index contributed by atoms with van der Waals surface area (Å²) >= 11 is 3.30. The second-order valence-corrected chi connectivity index (χ2v) is 6.21. The number of pyridine rings is 1. The number of carbonyl (C=O) groups excluding carboxylic acids is 1. The van der Waals surface area contributed by atoms with E-state index in [1.807, 2.05) is 6.92 Å². The maximum atomic E-state index is 12.8. The minimum absolute atomic E-state index is 0.160. The third-order valence-corrected chi connectivity index (χ3v) is 4.08. The molecule has 8 nitrogen and oxygen atoms in total. The maximum absolute atomic E-state index is 12.8. The first-order chi connectivity index (χ1) is 12.5. The lowest BCUT2D eigenvalue weighted by Crippen LogP contribution is -2.31. The number of aromatic nitrogens is 1. The van der Waals surface area contributed by atoms with Crippen LogP contribution in [0.2, 0.25) is 0 Å². The van der Waals surface area contributed by atoms with Gasteiger partial charge in [0.15, 0.2) is 0 Å². The zero-order valence-electron chi connectivity index (χ0n) is 14.4. The molecule has 2 rings (SSSR count). The molecule has 0 unspecified atom stereocenters. The Morgan fingerprint density at radius 2 is 2.15 bits per heavy atom. The lowest BCUT2D eigenvalue weighted by Gasteiger charge is -2.20. The molecule has 1 aromatic heterocycles. The van der Waals surface area contributed by atoms with Gasteiger partial charge < -0.3 is 10.1 Å². The Labute approximate surface area is 159 Å². The summed E-state index contributed by atoms with van der Waals surface area (Å²) in [6, 6.07) is 7.86. The Bertz CT molecular complexity index is 783. The van der Waals surface area contributed by atoms with Gasteiger partial charge in [0.25, 0.3) is 11.6 Å². The number of ether oxygens (including phenoxy) is 1. The van der Waals surface area contributed by atoms with Crippen molar-refractivity contribution in [2.45, 2.75) is 6.92 Å². The van der Waals surface area contributed by atoms with Crippen LogP contribution in [0.15, 0.2) is 41.0 Å². The van der Waals surface area contributed by atoms with E-state index in [-0.39, 0.29) is 17.2 Å². The van der Waals surface area contributed by atoms with E-state index in [2.05, 4.69) is 26.2 Å². The summed E-state index contributed by atoms with van der Waals surface area (Å²) in [5, 5.41) is 14.3. The maximum Gasteiger partial charge on any atom is 0.293 e. The smallest absolute Gasteiger partial charge is 0.293 e. The highest BCUT2D eigenvalue weighted by molar-refractivity contribution is 9.10. The van der Waals surface area contributed by atoms with Crippen LogP contribution >= 0.6 is 15.9 Å². The quantitative estimate of drug-likeness (QED) is 0.397. The van der Waals surface area contributed by atoms with E-state index in [1.165, 1.54) is 17.0 Å². The number of nitrogens with zero attached hydrogens (tertiary/aromatic N) is 3. The molecule has 2 aromatic rings. The Balaban J connectivity index is 2.30. The second kappa shape index (κ2) is 9.25. The van der Waals surface area contributed by atoms with Crippen molar-refractivity contribution in [2.75, 3.05) is 37.0 Å². The van der Waals surface area contributed by atoms with Crippen molar-refractivity contribution in [3.8, 4) is 0 Å². The Kier molecular flexibility index (Phi) is 7.05. The Hall–Kier alpha value is -2.52. The number of anilines is 2. The summed E-state index contributed by atoms with van der Waals surface area (Å²) in [7, 11) is 1.55. The molecule has 0 aliphatic heterocycles. The normalized spacial score (nSPS) is 10.4. The average molecular weight is 423 g/mol. The lowest BCUT2D eigenvalue weighted by atomic mass is 10.1. The lowest BCUT2D eigenvalue weighted by molar-refractivity contribution is -0.384. The highest BCUT2D eigenvalue weighted by Gasteiger charge is 2.22. The van der Waals surface area contributed by atoms with Gasteiger partial charge in [0.1, 0.15) is 11.5 Å². The molecule has 0 saturated carbocycles. The molecule has 26 heavy (non-hydrogen) atoms. The molecular weight excluding hydrogens is 404 g/mol. The first-order valence-electron chi connectivity index (χ1n) is 7.92. The van der Waals surface area contributed by atoms with Gasteiger partial charge in [-0.05, 0) is 47.1 Å². The van der Waals surface area contributed by atoms with E-state index in [4.69, 9.17) is 4.74 Å². The molecule has 0 radical (unpaired) electrons. The van der Waals surface area contributed by atoms with Crippen LogP contribution in [-0.2, 0) is 4.74 Å². The fourth-order valence-corrected chi connectivity index (χ4v) is 2.58. The van der Waals surface area contributed by atoms with Crippen molar-refractivity contribution in [1.29, 1.82) is 0 Å². The van der Waals surface area contributed by atoms with Crippen LogP contribution in [0.1, 0.15) is 17.3 Å². The minimum atomic E-state index is -0.514. The minimum Gasteiger partial charge on any atom is -0.383 e. The predicted molar refractivity (Wildman–Crippen MR) is 103 cm³/mol. The standard InChI is InChI=1S/C17H19BrN4O4/c1-3-21(16-7-5-13(18)11-20-16)17(23)12-4-6-14(19-8-9-26-2)15(10-12)22(24)25/h4-7,10-11,19H,3,8-9H2,1-2H3. The summed E-state index contributed by atoms with van der Waals surface area (Å²) in [5.41, 5.74) is 0.403. The van der Waals surface area contributed by atoms with Gasteiger partial charge in [0.05, 0.1) is 11.5 Å². The Morgan fingerprint density at radius 1 is 1.38 bits per heavy atom. The zero-order chi connectivity index (χ0) is 19.1. The van der Waals surface area contributed by atoms with E-state index in [9.17, 15) is 14.9 Å². The van der Waals surface area contributed by atoms with Crippen molar-refractivity contribution in [3.63, 3.8) is 0 Å². The molecule has 9 heteroatoms. The summed E-state index contributed by atoms with van der Waals surface area (Å²) in [5.74, 6) is 0.125. The van der Waals surface area contributed by atoms with Gasteiger partial charge in [-0.2, -0.15) is 0 Å². The van der Waals surface area contributed by atoms with Gasteiger partial charge in [-0.25, -0.2) is 4.98 Å². The van der Waals surface area contributed by atoms with Crippen LogP contribution in [0, 0.1) is 10.1 Å². The monoisotopic (exact) mass is 422 g/mol. The van der Waals surface area contributed by atoms with Crippen molar-refractivity contribution in [3.05, 3.63) is 56.7 Å². The molecule has 0 spiro atoms. The van der Waals surface area contributed by atoms with Crippen LogP contribution in [-0.4, -0.2) is 42.6 Å². The molecule has 0 bridgehead atoms. The van der Waals surface area contributed by atoms with Gasteiger partial charge in [-0.3, -0.25) is 19.8 Å². The third-order valence-electron chi connectivity index (χ3n) is 3.61. The van der Waals surface area contributed by atoms with E-state index < -0.39 is 4.92 Å². The van der Waals surface area contributed by atoms with Crippen LogP contribution in [0.25, 0.3) is 0 Å². The predicted octanol–water partition coefficient (Wildman–Crippen LogP) is 3.48. The number of amides is 1. The van der Waals surface area contributed by atoms with Crippen molar-refractivity contribution < 1.29 is 14.5 Å². The summed E-state index contributed by atoms with van der Waals surface area (Å²) in [6.07, 6.45) is 1.59. The average Bonchev–Trinajstić information content (AvgIpc) is 2.64. The molecule has 0 aliphatic rings. The number of nitrogens with one attached hydrogen (secondary N) is 1. The second-order valence-electron chi connectivity index (χ2n) is 5.29. The molecule has 1 N–H and O–H groups in total. The Morgan fingerprint density at radius 3 is 2.73 bits per heavy atom. The molecule has 1 amide bonds. The molecule has 0 atom stereocenters. The van der Waals surface area contributed by atoms with Gasteiger partial charge in [0, 0.05) is 42.5 Å². The number of rotatable bonds is 8. The molecule has 0 aliphatic carbocycles. The van der Waals surface area contributed by atoms with Gasteiger partial charge in [-0.1, -0.05) is 0 Å². The number of nitro groups is 1. The highest BCUT2D eigenvalue weighted by Crippen LogP contribution is 2.27. The largest absolute Gasteiger partial charge is 0.383 e. The number of hydrogen-bond acceptors (Lipinski definition) is 6. The molecule has 138 valence electrons. The van der Waals surface area contributed by atoms with E-state index in [1.54, 1.807) is 31.5 Å². The molecular formula is C17H19BrN4O4. The SMILES string of the molecule is CCN(C(=O)c1ccc(NCCOC)c([N+](=O)[O-])c1)c1ccc(Br)cn1. The molecule has 1 aromatic carbocycles. The first kappa shape index (κ1) is 19.8. The van der Waals surface area contributed by atoms with E-state index in [0.717, 1.165) is 4.47 Å². The first-order valence-corrected chi connectivity index (χ1v) is 8.72. The number of carbonyl (C=O) groups is 1. The van der Waals surface area contributed by atoms with E-state index in [0.29, 0.717) is 31.2 Å². The summed E-state index contributed by atoms with van der Waals surface area (Å²) < 4.78 is 5.72. The van der Waals surface area contributed by atoms with E-state index >= 15 is 0 Å². The molecule has 1 heterocycles. The topological polar surface area (TPSA) is 97.6 Å². The number of nitro benzene ring substituents is 1. The van der Waals surface area contributed by atoms with Crippen LogP contribution in [0.5, 0.6) is 0 Å². The van der Waals surface area contributed by atoms with Crippen LogP contribution in [0.4, 0.5) is 17.2 Å². The van der Waals surface area contributed by atoms with Gasteiger partial charge >= 0.3 is 0 Å². The summed E-state index contributed by atoms with van der Waals surface area (Å²) in [6.45, 7) is 3.04. The fourth-order valence-electron chi connectivity index (χ4n) is 2.35. The zero-order valence-corrected chi connectivity index (χ0v) is 16.0. The van der Waals surface area contributed by atoms with Crippen LogP contribution < -0.4 is 10.2 Å². The number of hydrogen-bond donors (Lipinski definition) is 1.